The Morgan fingerprint density at radius 1 is 1.47 bits per heavy atom. The van der Waals surface area contributed by atoms with E-state index in [-0.39, 0.29) is 0 Å². The van der Waals surface area contributed by atoms with Crippen molar-refractivity contribution < 1.29 is 4.74 Å². The van der Waals surface area contributed by atoms with E-state index in [4.69, 9.17) is 10.00 Å². The predicted molar refractivity (Wildman–Crippen MR) is 81.7 cm³/mol. The normalized spacial score (nSPS) is 12.2. The summed E-state index contributed by atoms with van der Waals surface area (Å²) in [6, 6.07) is 10.0. The Morgan fingerprint density at radius 2 is 2.26 bits per heavy atom. The fourth-order valence-corrected chi connectivity index (χ4v) is 2.49. The molecule has 0 heterocycles. The SMILES string of the molecule is CSCC(C)N(C)CCCOc1cccc(C#N)c1. The molecule has 0 aliphatic carbocycles. The van der Waals surface area contributed by atoms with Gasteiger partial charge >= 0.3 is 0 Å². The Bertz CT molecular complexity index is 417. The highest BCUT2D eigenvalue weighted by atomic mass is 32.2. The highest BCUT2D eigenvalue weighted by molar-refractivity contribution is 7.98. The topological polar surface area (TPSA) is 36.3 Å². The van der Waals surface area contributed by atoms with Crippen molar-refractivity contribution in [2.24, 2.45) is 0 Å². The summed E-state index contributed by atoms with van der Waals surface area (Å²) in [6.45, 7) is 3.96. The first-order valence-electron chi connectivity index (χ1n) is 6.49. The molecule has 104 valence electrons. The van der Waals surface area contributed by atoms with Gasteiger partial charge in [-0.15, -0.1) is 0 Å². The lowest BCUT2D eigenvalue weighted by Gasteiger charge is -2.23. The monoisotopic (exact) mass is 278 g/mol. The molecule has 19 heavy (non-hydrogen) atoms. The summed E-state index contributed by atoms with van der Waals surface area (Å²) in [5, 5.41) is 8.80. The number of hydrogen-bond acceptors (Lipinski definition) is 4. The highest BCUT2D eigenvalue weighted by Crippen LogP contribution is 2.13. The second kappa shape index (κ2) is 8.84. The van der Waals surface area contributed by atoms with Gasteiger partial charge in [0.2, 0.25) is 0 Å². The summed E-state index contributed by atoms with van der Waals surface area (Å²) in [7, 11) is 2.15. The summed E-state index contributed by atoms with van der Waals surface area (Å²) in [4.78, 5) is 2.35. The Balaban J connectivity index is 2.25. The number of ether oxygens (including phenoxy) is 1. The van der Waals surface area contributed by atoms with Crippen LogP contribution in [0, 0.1) is 11.3 Å². The van der Waals surface area contributed by atoms with Crippen molar-refractivity contribution >= 4 is 11.8 Å². The van der Waals surface area contributed by atoms with Gasteiger partial charge in [0.15, 0.2) is 0 Å². The molecule has 0 aliphatic heterocycles. The zero-order valence-corrected chi connectivity index (χ0v) is 12.7. The van der Waals surface area contributed by atoms with Gasteiger partial charge in [0.05, 0.1) is 18.2 Å². The number of nitriles is 1. The summed E-state index contributed by atoms with van der Waals surface area (Å²) in [5.41, 5.74) is 0.642. The van der Waals surface area contributed by atoms with E-state index in [1.54, 1.807) is 12.1 Å². The Kier molecular flexibility index (Phi) is 7.39. The lowest BCUT2D eigenvalue weighted by atomic mass is 10.2. The quantitative estimate of drug-likeness (QED) is 0.685. The standard InChI is InChI=1S/C15H22N2OS/c1-13(12-19-3)17(2)8-5-9-18-15-7-4-6-14(10-15)11-16/h4,6-7,10,13H,5,8-9,12H2,1-3H3. The lowest BCUT2D eigenvalue weighted by molar-refractivity contribution is 0.236. The molecule has 0 spiro atoms. The van der Waals surface area contributed by atoms with Crippen LogP contribution < -0.4 is 4.74 Å². The second-order valence-corrected chi connectivity index (χ2v) is 5.54. The molecule has 0 radical (unpaired) electrons. The maximum atomic E-state index is 8.80. The fraction of sp³-hybridized carbons (Fsp3) is 0.533. The van der Waals surface area contributed by atoms with Gasteiger partial charge in [0.1, 0.15) is 5.75 Å². The molecule has 4 heteroatoms. The van der Waals surface area contributed by atoms with E-state index < -0.39 is 0 Å². The van der Waals surface area contributed by atoms with Gasteiger partial charge in [-0.2, -0.15) is 17.0 Å². The van der Waals surface area contributed by atoms with E-state index in [1.807, 2.05) is 23.9 Å². The molecule has 1 atom stereocenters. The molecule has 0 aromatic heterocycles. The van der Waals surface area contributed by atoms with E-state index in [9.17, 15) is 0 Å². The zero-order valence-electron chi connectivity index (χ0n) is 11.9. The Hall–Kier alpha value is -1.18. The van der Waals surface area contributed by atoms with Crippen LogP contribution >= 0.6 is 11.8 Å². The third-order valence-electron chi connectivity index (χ3n) is 3.05. The molecule has 0 saturated carbocycles. The number of rotatable bonds is 8. The third kappa shape index (κ3) is 6.00. The minimum Gasteiger partial charge on any atom is -0.494 e. The van der Waals surface area contributed by atoms with E-state index in [1.165, 1.54) is 0 Å². The van der Waals surface area contributed by atoms with Crippen LogP contribution in [0.4, 0.5) is 0 Å². The van der Waals surface area contributed by atoms with Crippen molar-refractivity contribution in [2.45, 2.75) is 19.4 Å². The number of hydrogen-bond donors (Lipinski definition) is 0. The van der Waals surface area contributed by atoms with Crippen LogP contribution in [0.25, 0.3) is 0 Å². The molecule has 0 N–H and O–H groups in total. The Labute approximate surface area is 120 Å². The van der Waals surface area contributed by atoms with Crippen LogP contribution in [-0.2, 0) is 0 Å². The molecule has 0 fully saturated rings. The van der Waals surface area contributed by atoms with Gasteiger partial charge in [0.25, 0.3) is 0 Å². The molecule has 1 aromatic carbocycles. The third-order valence-corrected chi connectivity index (χ3v) is 3.86. The van der Waals surface area contributed by atoms with Crippen LogP contribution in [-0.4, -0.2) is 43.1 Å². The average Bonchev–Trinajstić information content (AvgIpc) is 2.43. The summed E-state index contributed by atoms with van der Waals surface area (Å²) >= 11 is 1.87. The van der Waals surface area contributed by atoms with Crippen molar-refractivity contribution in [2.75, 3.05) is 32.2 Å². The molecule has 0 bridgehead atoms. The summed E-state index contributed by atoms with van der Waals surface area (Å²) in [5.74, 6) is 1.93. The Morgan fingerprint density at radius 3 is 2.95 bits per heavy atom. The van der Waals surface area contributed by atoms with E-state index in [0.717, 1.165) is 24.5 Å². The molecule has 1 unspecified atom stereocenters. The van der Waals surface area contributed by atoms with Crippen molar-refractivity contribution in [3.63, 3.8) is 0 Å². The fourth-order valence-electron chi connectivity index (χ4n) is 1.75. The van der Waals surface area contributed by atoms with Crippen molar-refractivity contribution in [3.05, 3.63) is 29.8 Å². The number of thioether (sulfide) groups is 1. The summed E-state index contributed by atoms with van der Waals surface area (Å²) in [6.07, 6.45) is 3.13. The van der Waals surface area contributed by atoms with E-state index in [0.29, 0.717) is 18.2 Å². The number of benzene rings is 1. The van der Waals surface area contributed by atoms with Gasteiger partial charge in [0, 0.05) is 18.3 Å². The molecular weight excluding hydrogens is 256 g/mol. The maximum absolute atomic E-state index is 8.80. The molecular formula is C15H22N2OS. The first kappa shape index (κ1) is 15.9. The molecule has 1 aromatic rings. The minimum atomic E-state index is 0.594. The second-order valence-electron chi connectivity index (χ2n) is 4.63. The first-order chi connectivity index (χ1) is 9.17. The minimum absolute atomic E-state index is 0.594. The van der Waals surface area contributed by atoms with Gasteiger partial charge in [-0.1, -0.05) is 6.07 Å². The van der Waals surface area contributed by atoms with Gasteiger partial charge in [-0.05, 0) is 44.8 Å². The molecule has 0 saturated heterocycles. The average molecular weight is 278 g/mol. The first-order valence-corrected chi connectivity index (χ1v) is 7.89. The van der Waals surface area contributed by atoms with Crippen molar-refractivity contribution in [3.8, 4) is 11.8 Å². The lowest BCUT2D eigenvalue weighted by Crippen LogP contribution is -2.32. The zero-order chi connectivity index (χ0) is 14.1. The van der Waals surface area contributed by atoms with Crippen LogP contribution in [0.3, 0.4) is 0 Å². The molecule has 0 aliphatic rings. The van der Waals surface area contributed by atoms with E-state index in [2.05, 4.69) is 31.2 Å². The largest absolute Gasteiger partial charge is 0.494 e. The van der Waals surface area contributed by atoms with Gasteiger partial charge in [-0.25, -0.2) is 0 Å². The van der Waals surface area contributed by atoms with Gasteiger partial charge < -0.3 is 9.64 Å². The maximum Gasteiger partial charge on any atom is 0.120 e. The molecule has 0 amide bonds. The molecule has 1 rings (SSSR count). The summed E-state index contributed by atoms with van der Waals surface area (Å²) < 4.78 is 5.66. The highest BCUT2D eigenvalue weighted by Gasteiger charge is 2.07. The predicted octanol–water partition coefficient (Wildman–Crippen LogP) is 3.01. The van der Waals surface area contributed by atoms with Crippen LogP contribution in [0.5, 0.6) is 5.75 Å². The smallest absolute Gasteiger partial charge is 0.120 e. The van der Waals surface area contributed by atoms with Crippen molar-refractivity contribution in [1.82, 2.24) is 4.90 Å². The van der Waals surface area contributed by atoms with Crippen LogP contribution in [0.2, 0.25) is 0 Å². The molecule has 3 nitrogen and oxygen atoms in total. The number of nitrogens with zero attached hydrogens (tertiary/aromatic N) is 2. The van der Waals surface area contributed by atoms with Crippen molar-refractivity contribution in [1.29, 1.82) is 5.26 Å². The van der Waals surface area contributed by atoms with Gasteiger partial charge in [-0.3, -0.25) is 0 Å². The van der Waals surface area contributed by atoms with Crippen LogP contribution in [0.15, 0.2) is 24.3 Å². The van der Waals surface area contributed by atoms with Crippen LogP contribution in [0.1, 0.15) is 18.9 Å². The van der Waals surface area contributed by atoms with E-state index >= 15 is 0 Å².